The Hall–Kier alpha value is -4.20. The molecule has 1 fully saturated rings. The lowest BCUT2D eigenvalue weighted by Crippen LogP contribution is -2.43. The number of carbonyl (C=O) groups is 3. The van der Waals surface area contributed by atoms with E-state index in [4.69, 9.17) is 4.42 Å². The van der Waals surface area contributed by atoms with Crippen LogP contribution in [0.15, 0.2) is 82.5 Å². The number of urea groups is 1. The topological polar surface area (TPSA) is 95.2 Å². The lowest BCUT2D eigenvalue weighted by molar-refractivity contribution is -0.140. The van der Waals surface area contributed by atoms with E-state index in [9.17, 15) is 14.4 Å². The third-order valence-corrected chi connectivity index (χ3v) is 6.34. The summed E-state index contributed by atoms with van der Waals surface area (Å²) in [4.78, 5) is 40.3. The third-order valence-electron chi connectivity index (χ3n) is 6.34. The SMILES string of the molecule is Cc1ccc(C2=NN(C(=O)CN3C(=O)N[C@](C)(c4ccccc4)C3=O)[C@H](c3ccco3)C2)cc1. The number of hydrogen-bond acceptors (Lipinski definition) is 5. The van der Waals surface area contributed by atoms with Crippen molar-refractivity contribution in [3.63, 3.8) is 0 Å². The maximum Gasteiger partial charge on any atom is 0.325 e. The van der Waals surface area contributed by atoms with Crippen LogP contribution < -0.4 is 5.32 Å². The van der Waals surface area contributed by atoms with Crippen molar-refractivity contribution < 1.29 is 18.8 Å². The van der Waals surface area contributed by atoms with Gasteiger partial charge in [0, 0.05) is 6.42 Å². The van der Waals surface area contributed by atoms with Gasteiger partial charge in [0.2, 0.25) is 0 Å². The molecule has 2 aliphatic heterocycles. The highest BCUT2D eigenvalue weighted by Crippen LogP contribution is 2.34. The fourth-order valence-electron chi connectivity index (χ4n) is 4.38. The van der Waals surface area contributed by atoms with Crippen LogP contribution in [0.2, 0.25) is 0 Å². The van der Waals surface area contributed by atoms with Gasteiger partial charge in [0.05, 0.1) is 12.0 Å². The molecule has 0 saturated carbocycles. The van der Waals surface area contributed by atoms with Crippen LogP contribution in [0.3, 0.4) is 0 Å². The van der Waals surface area contributed by atoms with Crippen LogP contribution >= 0.6 is 0 Å². The Labute approximate surface area is 196 Å². The largest absolute Gasteiger partial charge is 0.467 e. The maximum atomic E-state index is 13.4. The first kappa shape index (κ1) is 21.6. The maximum absolute atomic E-state index is 13.4. The van der Waals surface area contributed by atoms with Crippen molar-refractivity contribution in [2.45, 2.75) is 31.8 Å². The van der Waals surface area contributed by atoms with Crippen LogP contribution in [0.1, 0.15) is 41.8 Å². The summed E-state index contributed by atoms with van der Waals surface area (Å²) in [7, 11) is 0. The number of nitrogens with one attached hydrogen (secondary N) is 1. The van der Waals surface area contributed by atoms with Gasteiger partial charge in [0.25, 0.3) is 11.8 Å². The lowest BCUT2D eigenvalue weighted by Gasteiger charge is -2.24. The molecule has 4 amide bonds. The molecular formula is C26H24N4O4. The molecule has 0 radical (unpaired) electrons. The van der Waals surface area contributed by atoms with Gasteiger partial charge in [-0.3, -0.25) is 14.5 Å². The van der Waals surface area contributed by atoms with Gasteiger partial charge in [-0.15, -0.1) is 0 Å². The molecular weight excluding hydrogens is 432 g/mol. The van der Waals surface area contributed by atoms with Crippen LogP contribution in [0.25, 0.3) is 0 Å². The van der Waals surface area contributed by atoms with E-state index < -0.39 is 36.0 Å². The summed E-state index contributed by atoms with van der Waals surface area (Å²) in [5.74, 6) is -0.358. The summed E-state index contributed by atoms with van der Waals surface area (Å²) in [5, 5.41) is 8.64. The molecule has 5 rings (SSSR count). The van der Waals surface area contributed by atoms with Gasteiger partial charge in [-0.2, -0.15) is 5.10 Å². The summed E-state index contributed by atoms with van der Waals surface area (Å²) in [6.07, 6.45) is 2.01. The zero-order valence-electron chi connectivity index (χ0n) is 18.9. The first-order chi connectivity index (χ1) is 16.4. The van der Waals surface area contributed by atoms with E-state index in [0.29, 0.717) is 17.7 Å². The second-order valence-electron chi connectivity index (χ2n) is 8.70. The Balaban J connectivity index is 1.41. The van der Waals surface area contributed by atoms with E-state index >= 15 is 0 Å². The second-order valence-corrected chi connectivity index (χ2v) is 8.70. The summed E-state index contributed by atoms with van der Waals surface area (Å²) < 4.78 is 5.58. The van der Waals surface area contributed by atoms with Crippen LogP contribution in [0.4, 0.5) is 4.79 Å². The molecule has 34 heavy (non-hydrogen) atoms. The van der Waals surface area contributed by atoms with Crippen molar-refractivity contribution in [3.05, 3.63) is 95.4 Å². The van der Waals surface area contributed by atoms with Crippen LogP contribution in [-0.2, 0) is 15.1 Å². The fourth-order valence-corrected chi connectivity index (χ4v) is 4.38. The highest BCUT2D eigenvalue weighted by atomic mass is 16.3. The van der Waals surface area contributed by atoms with Gasteiger partial charge in [0.15, 0.2) is 0 Å². The van der Waals surface area contributed by atoms with E-state index in [0.717, 1.165) is 21.7 Å². The van der Waals surface area contributed by atoms with Crippen molar-refractivity contribution in [3.8, 4) is 0 Å². The number of benzene rings is 2. The Morgan fingerprint density at radius 3 is 2.50 bits per heavy atom. The smallest absolute Gasteiger partial charge is 0.325 e. The number of furan rings is 1. The molecule has 8 heteroatoms. The van der Waals surface area contributed by atoms with Gasteiger partial charge in [0.1, 0.15) is 23.9 Å². The Kier molecular flexibility index (Phi) is 5.28. The lowest BCUT2D eigenvalue weighted by atomic mass is 9.92. The number of nitrogens with zero attached hydrogens (tertiary/aromatic N) is 3. The van der Waals surface area contributed by atoms with Gasteiger partial charge < -0.3 is 9.73 Å². The minimum atomic E-state index is -1.24. The van der Waals surface area contributed by atoms with Crippen molar-refractivity contribution in [1.29, 1.82) is 0 Å². The molecule has 2 atom stereocenters. The van der Waals surface area contributed by atoms with E-state index in [1.54, 1.807) is 49.6 Å². The molecule has 1 N–H and O–H groups in total. The first-order valence-corrected chi connectivity index (χ1v) is 11.1. The minimum Gasteiger partial charge on any atom is -0.467 e. The number of imide groups is 1. The molecule has 2 aromatic carbocycles. The number of hydrogen-bond donors (Lipinski definition) is 1. The Morgan fingerprint density at radius 1 is 1.09 bits per heavy atom. The molecule has 1 saturated heterocycles. The van der Waals surface area contributed by atoms with Gasteiger partial charge in [-0.1, -0.05) is 60.2 Å². The average molecular weight is 457 g/mol. The van der Waals surface area contributed by atoms with Crippen molar-refractivity contribution in [2.75, 3.05) is 6.54 Å². The zero-order valence-corrected chi connectivity index (χ0v) is 18.9. The number of amides is 4. The van der Waals surface area contributed by atoms with E-state index in [1.807, 2.05) is 37.3 Å². The molecule has 1 aromatic heterocycles. The summed E-state index contributed by atoms with van der Waals surface area (Å²) in [5.41, 5.74) is 2.18. The molecule has 3 aromatic rings. The molecule has 172 valence electrons. The number of rotatable bonds is 5. The molecule has 0 unspecified atom stereocenters. The zero-order chi connectivity index (χ0) is 23.9. The van der Waals surface area contributed by atoms with Crippen molar-refractivity contribution in [2.24, 2.45) is 5.10 Å². The minimum absolute atomic E-state index is 0.422. The average Bonchev–Trinajstić information content (AvgIpc) is 3.56. The normalized spacial score (nSPS) is 22.2. The second kappa shape index (κ2) is 8.30. The van der Waals surface area contributed by atoms with Gasteiger partial charge in [-0.05, 0) is 37.1 Å². The van der Waals surface area contributed by atoms with E-state index in [2.05, 4.69) is 10.4 Å². The first-order valence-electron chi connectivity index (χ1n) is 11.1. The molecule has 3 heterocycles. The van der Waals surface area contributed by atoms with Crippen molar-refractivity contribution in [1.82, 2.24) is 15.2 Å². The predicted molar refractivity (Wildman–Crippen MR) is 125 cm³/mol. The quantitative estimate of drug-likeness (QED) is 0.592. The highest BCUT2D eigenvalue weighted by molar-refractivity contribution is 6.09. The number of hydrazone groups is 1. The fraction of sp³-hybridized carbons (Fsp3) is 0.231. The number of aryl methyl sites for hydroxylation is 1. The van der Waals surface area contributed by atoms with Crippen LogP contribution in [-0.4, -0.2) is 40.0 Å². The summed E-state index contributed by atoms with van der Waals surface area (Å²) in [6.45, 7) is 3.22. The monoisotopic (exact) mass is 456 g/mol. The van der Waals surface area contributed by atoms with Gasteiger partial charge >= 0.3 is 6.03 Å². The van der Waals surface area contributed by atoms with E-state index in [1.165, 1.54) is 5.01 Å². The van der Waals surface area contributed by atoms with Crippen LogP contribution in [0.5, 0.6) is 0 Å². The van der Waals surface area contributed by atoms with Gasteiger partial charge in [-0.25, -0.2) is 9.80 Å². The molecule has 0 spiro atoms. The summed E-state index contributed by atoms with van der Waals surface area (Å²) in [6, 6.07) is 19.4. The third kappa shape index (κ3) is 3.67. The van der Waals surface area contributed by atoms with Crippen molar-refractivity contribution >= 4 is 23.6 Å². The standard InChI is InChI=1S/C26H24N4O4/c1-17-10-12-18(13-11-17)20-15-21(22-9-6-14-34-22)30(28-20)23(31)16-29-24(32)26(2,27-25(29)33)19-7-4-3-5-8-19/h3-14,21H,15-16H2,1-2H3,(H,27,33)/t21-,26+/m0/s1. The van der Waals surface area contributed by atoms with Crippen LogP contribution in [0, 0.1) is 6.92 Å². The number of carbonyl (C=O) groups excluding carboxylic acids is 3. The summed E-state index contributed by atoms with van der Waals surface area (Å²) >= 11 is 0. The predicted octanol–water partition coefficient (Wildman–Crippen LogP) is 3.73. The Bertz CT molecular complexity index is 1270. The Morgan fingerprint density at radius 2 is 1.82 bits per heavy atom. The molecule has 0 bridgehead atoms. The molecule has 2 aliphatic rings. The molecule has 8 nitrogen and oxygen atoms in total. The highest BCUT2D eigenvalue weighted by Gasteiger charge is 2.50. The van der Waals surface area contributed by atoms with E-state index in [-0.39, 0.29) is 0 Å². The molecule has 0 aliphatic carbocycles.